The van der Waals surface area contributed by atoms with E-state index in [-0.39, 0.29) is 29.5 Å². The van der Waals surface area contributed by atoms with Crippen LogP contribution in [0.1, 0.15) is 16.8 Å². The molecule has 6 nitrogen and oxygen atoms in total. The molecule has 2 aromatic rings. The van der Waals surface area contributed by atoms with Gasteiger partial charge in [-0.15, -0.1) is 0 Å². The summed E-state index contributed by atoms with van der Waals surface area (Å²) in [5, 5.41) is 11.9. The highest BCUT2D eigenvalue weighted by atomic mass is 19.1. The number of amides is 1. The van der Waals surface area contributed by atoms with E-state index in [9.17, 15) is 14.0 Å². The van der Waals surface area contributed by atoms with Crippen molar-refractivity contribution >= 4 is 23.4 Å². The number of hydrogen-bond donors (Lipinski definition) is 2. The maximum absolute atomic E-state index is 13.8. The Kier molecular flexibility index (Phi) is 4.41. The number of likely N-dealkylation sites (tertiary alicyclic amines) is 1. The van der Waals surface area contributed by atoms with E-state index in [0.717, 1.165) is 0 Å². The Balaban J connectivity index is 1.83. The Morgan fingerprint density at radius 1 is 1.25 bits per heavy atom. The molecule has 1 amide bonds. The topological polar surface area (TPSA) is 82.5 Å². The molecule has 1 aromatic heterocycles. The van der Waals surface area contributed by atoms with Crippen LogP contribution in [0.4, 0.5) is 15.9 Å². The van der Waals surface area contributed by atoms with Gasteiger partial charge in [-0.2, -0.15) is 0 Å². The lowest BCUT2D eigenvalue weighted by atomic mass is 10.1. The van der Waals surface area contributed by atoms with Gasteiger partial charge in [-0.1, -0.05) is 12.1 Å². The van der Waals surface area contributed by atoms with Crippen LogP contribution in [0.15, 0.2) is 42.6 Å². The minimum Gasteiger partial charge on any atom is -0.481 e. The fourth-order valence-corrected chi connectivity index (χ4v) is 2.68. The summed E-state index contributed by atoms with van der Waals surface area (Å²) in [6.45, 7) is 0.548. The van der Waals surface area contributed by atoms with Gasteiger partial charge in [0, 0.05) is 19.3 Å². The van der Waals surface area contributed by atoms with E-state index in [0.29, 0.717) is 13.0 Å². The predicted molar refractivity (Wildman–Crippen MR) is 85.6 cm³/mol. The summed E-state index contributed by atoms with van der Waals surface area (Å²) >= 11 is 0. The Hall–Kier alpha value is -2.96. The highest BCUT2D eigenvalue weighted by Crippen LogP contribution is 2.24. The molecule has 0 radical (unpaired) electrons. The molecule has 1 aromatic carbocycles. The molecular formula is C17H16FN3O3. The number of carbonyl (C=O) groups is 2. The first-order valence-electron chi connectivity index (χ1n) is 7.55. The van der Waals surface area contributed by atoms with E-state index in [2.05, 4.69) is 10.3 Å². The molecule has 7 heteroatoms. The van der Waals surface area contributed by atoms with Crippen LogP contribution in [-0.4, -0.2) is 40.0 Å². The van der Waals surface area contributed by atoms with Crippen molar-refractivity contribution < 1.29 is 19.1 Å². The molecule has 1 fully saturated rings. The number of aliphatic carboxylic acids is 1. The zero-order valence-electron chi connectivity index (χ0n) is 12.8. The smallest absolute Gasteiger partial charge is 0.308 e. The number of para-hydroxylation sites is 1. The van der Waals surface area contributed by atoms with E-state index in [4.69, 9.17) is 5.11 Å². The average molecular weight is 329 g/mol. The second-order valence-electron chi connectivity index (χ2n) is 5.58. The molecule has 3 rings (SSSR count). The molecule has 1 atom stereocenters. The number of halogens is 1. The highest BCUT2D eigenvalue weighted by molar-refractivity contribution is 5.99. The number of carbonyl (C=O) groups excluding carboxylic acids is 1. The molecule has 2 heterocycles. The van der Waals surface area contributed by atoms with Gasteiger partial charge in [-0.05, 0) is 30.7 Å². The third kappa shape index (κ3) is 3.19. The second kappa shape index (κ2) is 6.66. The fourth-order valence-electron chi connectivity index (χ4n) is 2.68. The molecule has 124 valence electrons. The van der Waals surface area contributed by atoms with E-state index < -0.39 is 17.7 Å². The van der Waals surface area contributed by atoms with Crippen LogP contribution < -0.4 is 5.32 Å². The van der Waals surface area contributed by atoms with Gasteiger partial charge < -0.3 is 15.3 Å². The number of nitrogens with one attached hydrogen (secondary N) is 1. The summed E-state index contributed by atoms with van der Waals surface area (Å²) in [6, 6.07) is 9.31. The van der Waals surface area contributed by atoms with Crippen molar-refractivity contribution in [3.05, 3.63) is 54.0 Å². The van der Waals surface area contributed by atoms with Gasteiger partial charge >= 0.3 is 5.97 Å². The SMILES string of the molecule is O=C(O)C1CCN(C(=O)c2cccnc2Nc2ccccc2F)C1. The lowest BCUT2D eigenvalue weighted by Gasteiger charge is -2.18. The summed E-state index contributed by atoms with van der Waals surface area (Å²) in [7, 11) is 0. The van der Waals surface area contributed by atoms with Crippen LogP contribution in [0.5, 0.6) is 0 Å². The van der Waals surface area contributed by atoms with E-state index in [1.165, 1.54) is 17.2 Å². The van der Waals surface area contributed by atoms with E-state index in [1.807, 2.05) is 0 Å². The monoisotopic (exact) mass is 329 g/mol. The van der Waals surface area contributed by atoms with Crippen LogP contribution in [0, 0.1) is 11.7 Å². The van der Waals surface area contributed by atoms with Gasteiger partial charge in [0.05, 0.1) is 17.2 Å². The van der Waals surface area contributed by atoms with Crippen LogP contribution >= 0.6 is 0 Å². The number of hydrogen-bond acceptors (Lipinski definition) is 4. The molecule has 0 spiro atoms. The third-order valence-electron chi connectivity index (χ3n) is 3.99. The highest BCUT2D eigenvalue weighted by Gasteiger charge is 2.32. The van der Waals surface area contributed by atoms with Gasteiger partial charge in [-0.25, -0.2) is 9.37 Å². The first-order valence-corrected chi connectivity index (χ1v) is 7.55. The Morgan fingerprint density at radius 2 is 2.04 bits per heavy atom. The maximum Gasteiger partial charge on any atom is 0.308 e. The fraction of sp³-hybridized carbons (Fsp3) is 0.235. The Labute approximate surface area is 137 Å². The summed E-state index contributed by atoms with van der Waals surface area (Å²) in [5.41, 5.74) is 0.502. The van der Waals surface area contributed by atoms with E-state index in [1.54, 1.807) is 30.3 Å². The van der Waals surface area contributed by atoms with Gasteiger partial charge in [-0.3, -0.25) is 9.59 Å². The number of carboxylic acids is 1. The first-order chi connectivity index (χ1) is 11.6. The zero-order chi connectivity index (χ0) is 17.1. The molecule has 1 aliphatic rings. The van der Waals surface area contributed by atoms with Crippen molar-refractivity contribution in [1.82, 2.24) is 9.88 Å². The molecule has 1 saturated heterocycles. The van der Waals surface area contributed by atoms with Gasteiger partial charge in [0.15, 0.2) is 0 Å². The largest absolute Gasteiger partial charge is 0.481 e. The van der Waals surface area contributed by atoms with Crippen LogP contribution in [0.3, 0.4) is 0 Å². The van der Waals surface area contributed by atoms with Crippen LogP contribution in [0.2, 0.25) is 0 Å². The number of aromatic nitrogens is 1. The molecule has 0 bridgehead atoms. The summed E-state index contributed by atoms with van der Waals surface area (Å²) < 4.78 is 13.8. The normalized spacial score (nSPS) is 16.9. The van der Waals surface area contributed by atoms with Crippen molar-refractivity contribution in [2.45, 2.75) is 6.42 Å². The number of anilines is 2. The van der Waals surface area contributed by atoms with Crippen molar-refractivity contribution in [3.8, 4) is 0 Å². The number of rotatable bonds is 4. The molecule has 24 heavy (non-hydrogen) atoms. The van der Waals surface area contributed by atoms with Crippen LogP contribution in [0.25, 0.3) is 0 Å². The Bertz CT molecular complexity index is 781. The number of benzene rings is 1. The lowest BCUT2D eigenvalue weighted by Crippen LogP contribution is -2.30. The van der Waals surface area contributed by atoms with Crippen molar-refractivity contribution in [1.29, 1.82) is 0 Å². The molecule has 0 aliphatic carbocycles. The minimum atomic E-state index is -0.902. The molecule has 0 saturated carbocycles. The molecule has 2 N–H and O–H groups in total. The Morgan fingerprint density at radius 3 is 2.75 bits per heavy atom. The predicted octanol–water partition coefficient (Wildman–Crippen LogP) is 2.51. The zero-order valence-corrected chi connectivity index (χ0v) is 12.8. The summed E-state index contributed by atoms with van der Waals surface area (Å²) in [6.07, 6.45) is 1.93. The van der Waals surface area contributed by atoms with Gasteiger partial charge in [0.2, 0.25) is 0 Å². The maximum atomic E-state index is 13.8. The first kappa shape index (κ1) is 15.9. The standard InChI is InChI=1S/C17H16FN3O3/c18-13-5-1-2-6-14(13)20-15-12(4-3-8-19-15)16(22)21-9-7-11(10-21)17(23)24/h1-6,8,11H,7,9-10H2,(H,19,20)(H,23,24). The summed E-state index contributed by atoms with van der Waals surface area (Å²) in [4.78, 5) is 29.3. The quantitative estimate of drug-likeness (QED) is 0.900. The van der Waals surface area contributed by atoms with Crippen molar-refractivity contribution in [2.75, 3.05) is 18.4 Å². The van der Waals surface area contributed by atoms with Crippen molar-refractivity contribution in [3.63, 3.8) is 0 Å². The van der Waals surface area contributed by atoms with Crippen LogP contribution in [-0.2, 0) is 4.79 Å². The molecule has 1 unspecified atom stereocenters. The van der Waals surface area contributed by atoms with Crippen molar-refractivity contribution in [2.24, 2.45) is 5.92 Å². The molecule has 1 aliphatic heterocycles. The molecular weight excluding hydrogens is 313 g/mol. The lowest BCUT2D eigenvalue weighted by molar-refractivity contribution is -0.141. The second-order valence-corrected chi connectivity index (χ2v) is 5.58. The minimum absolute atomic E-state index is 0.169. The number of pyridine rings is 1. The van der Waals surface area contributed by atoms with Gasteiger partial charge in [0.1, 0.15) is 11.6 Å². The van der Waals surface area contributed by atoms with Gasteiger partial charge in [0.25, 0.3) is 5.91 Å². The number of carboxylic acid groups (broad SMARTS) is 1. The van der Waals surface area contributed by atoms with E-state index >= 15 is 0 Å². The summed E-state index contributed by atoms with van der Waals surface area (Å²) in [5.74, 6) is -1.97. The average Bonchev–Trinajstić information content (AvgIpc) is 3.07. The third-order valence-corrected chi connectivity index (χ3v) is 3.99. The number of nitrogens with zero attached hydrogens (tertiary/aromatic N) is 2.